The predicted octanol–water partition coefficient (Wildman–Crippen LogP) is 0.341. The van der Waals surface area contributed by atoms with Gasteiger partial charge in [-0.05, 0) is 12.3 Å². The maximum absolute atomic E-state index is 11.3. The van der Waals surface area contributed by atoms with Crippen LogP contribution in [0.3, 0.4) is 0 Å². The van der Waals surface area contributed by atoms with Crippen LogP contribution in [-0.2, 0) is 9.59 Å². The highest BCUT2D eigenvalue weighted by Gasteiger charge is 2.15. The highest BCUT2D eigenvalue weighted by Crippen LogP contribution is 2.06. The van der Waals surface area contributed by atoms with E-state index in [0.717, 1.165) is 6.42 Å². The minimum Gasteiger partial charge on any atom is -0.481 e. The third kappa shape index (κ3) is 6.06. The van der Waals surface area contributed by atoms with Crippen LogP contribution in [0, 0.1) is 5.92 Å². The van der Waals surface area contributed by atoms with Crippen molar-refractivity contribution in [3.05, 3.63) is 0 Å². The second-order valence-corrected chi connectivity index (χ2v) is 3.63. The zero-order valence-electron chi connectivity index (χ0n) is 9.32. The normalized spacial score (nSPS) is 14.3. The highest BCUT2D eigenvalue weighted by atomic mass is 16.4. The summed E-state index contributed by atoms with van der Waals surface area (Å²) < 4.78 is 0. The average molecular weight is 216 g/mol. The van der Waals surface area contributed by atoms with Crippen molar-refractivity contribution < 1.29 is 14.7 Å². The fourth-order valence-corrected chi connectivity index (χ4v) is 1.17. The maximum Gasteiger partial charge on any atom is 0.303 e. The van der Waals surface area contributed by atoms with Crippen molar-refractivity contribution in [2.45, 2.75) is 39.2 Å². The van der Waals surface area contributed by atoms with Crippen LogP contribution < -0.4 is 11.1 Å². The van der Waals surface area contributed by atoms with Gasteiger partial charge < -0.3 is 16.2 Å². The van der Waals surface area contributed by atoms with E-state index in [2.05, 4.69) is 5.32 Å². The highest BCUT2D eigenvalue weighted by molar-refractivity contribution is 5.81. The number of carbonyl (C=O) groups excluding carboxylic acids is 1. The number of nitrogens with two attached hydrogens (primary N) is 1. The van der Waals surface area contributed by atoms with Crippen LogP contribution in [0.5, 0.6) is 0 Å². The molecule has 0 heterocycles. The molecule has 4 N–H and O–H groups in total. The Kier molecular flexibility index (Phi) is 6.70. The largest absolute Gasteiger partial charge is 0.481 e. The first kappa shape index (κ1) is 13.9. The molecule has 1 amide bonds. The molecular formula is C10H20N2O3. The third-order valence-electron chi connectivity index (χ3n) is 2.38. The van der Waals surface area contributed by atoms with Gasteiger partial charge in [0.05, 0.1) is 6.04 Å². The number of hydrogen-bond donors (Lipinski definition) is 3. The molecule has 0 aromatic rings. The van der Waals surface area contributed by atoms with E-state index in [1.807, 2.05) is 13.8 Å². The van der Waals surface area contributed by atoms with E-state index >= 15 is 0 Å². The number of aliphatic carboxylic acids is 1. The molecule has 2 atom stereocenters. The molecule has 15 heavy (non-hydrogen) atoms. The molecule has 0 radical (unpaired) electrons. The summed E-state index contributed by atoms with van der Waals surface area (Å²) in [5.41, 5.74) is 5.52. The summed E-state index contributed by atoms with van der Waals surface area (Å²) in [7, 11) is 0. The lowest BCUT2D eigenvalue weighted by Crippen LogP contribution is -2.42. The Morgan fingerprint density at radius 2 is 1.93 bits per heavy atom. The van der Waals surface area contributed by atoms with Gasteiger partial charge in [0, 0.05) is 13.0 Å². The van der Waals surface area contributed by atoms with Crippen LogP contribution >= 0.6 is 0 Å². The van der Waals surface area contributed by atoms with E-state index in [9.17, 15) is 9.59 Å². The Morgan fingerprint density at radius 1 is 1.33 bits per heavy atom. The number of amides is 1. The molecule has 0 saturated heterocycles. The van der Waals surface area contributed by atoms with E-state index in [4.69, 9.17) is 10.8 Å². The lowest BCUT2D eigenvalue weighted by atomic mass is 10.0. The zero-order valence-corrected chi connectivity index (χ0v) is 9.32. The molecule has 0 spiro atoms. The number of nitrogens with one attached hydrogen (secondary N) is 1. The van der Waals surface area contributed by atoms with Gasteiger partial charge in [-0.1, -0.05) is 20.3 Å². The zero-order chi connectivity index (χ0) is 11.8. The molecule has 88 valence electrons. The number of hydrogen-bond acceptors (Lipinski definition) is 3. The lowest BCUT2D eigenvalue weighted by Gasteiger charge is -2.15. The summed E-state index contributed by atoms with van der Waals surface area (Å²) in [6.07, 6.45) is 1.40. The van der Waals surface area contributed by atoms with Gasteiger partial charge >= 0.3 is 5.97 Å². The topological polar surface area (TPSA) is 92.4 Å². The molecule has 5 nitrogen and oxygen atoms in total. The molecule has 0 bridgehead atoms. The van der Waals surface area contributed by atoms with E-state index < -0.39 is 12.0 Å². The number of carbonyl (C=O) groups is 2. The Labute approximate surface area is 90.0 Å². The Bertz CT molecular complexity index is 219. The molecule has 0 aliphatic rings. The summed E-state index contributed by atoms with van der Waals surface area (Å²) in [6, 6.07) is -0.493. The van der Waals surface area contributed by atoms with E-state index in [0.29, 0.717) is 13.0 Å². The first-order valence-electron chi connectivity index (χ1n) is 5.26. The molecule has 0 saturated carbocycles. The van der Waals surface area contributed by atoms with Crippen molar-refractivity contribution in [2.75, 3.05) is 6.54 Å². The van der Waals surface area contributed by atoms with Crippen LogP contribution in [0.25, 0.3) is 0 Å². The Morgan fingerprint density at radius 3 is 2.33 bits per heavy atom. The summed E-state index contributed by atoms with van der Waals surface area (Å²) in [5.74, 6) is -1.06. The van der Waals surface area contributed by atoms with Gasteiger partial charge in [0.1, 0.15) is 0 Å². The monoisotopic (exact) mass is 216 g/mol. The SMILES string of the molecule is CCC(CNC(=O)[C@H](N)CC)CC(=O)O. The van der Waals surface area contributed by atoms with Crippen LogP contribution in [0.4, 0.5) is 0 Å². The number of rotatable bonds is 7. The van der Waals surface area contributed by atoms with Crippen molar-refractivity contribution in [3.63, 3.8) is 0 Å². The third-order valence-corrected chi connectivity index (χ3v) is 2.38. The van der Waals surface area contributed by atoms with Crippen LogP contribution in [-0.4, -0.2) is 29.6 Å². The molecule has 0 aromatic heterocycles. The van der Waals surface area contributed by atoms with Crippen molar-refractivity contribution in [1.29, 1.82) is 0 Å². The van der Waals surface area contributed by atoms with Crippen LogP contribution in [0.15, 0.2) is 0 Å². The molecule has 0 aromatic carbocycles. The Balaban J connectivity index is 3.89. The van der Waals surface area contributed by atoms with Gasteiger partial charge in [-0.15, -0.1) is 0 Å². The summed E-state index contributed by atoms with van der Waals surface area (Å²) in [5, 5.41) is 11.3. The van der Waals surface area contributed by atoms with Gasteiger partial charge in [-0.25, -0.2) is 0 Å². The van der Waals surface area contributed by atoms with Gasteiger partial charge in [-0.3, -0.25) is 9.59 Å². The van der Waals surface area contributed by atoms with Gasteiger partial charge in [0.2, 0.25) is 5.91 Å². The fraction of sp³-hybridized carbons (Fsp3) is 0.800. The molecule has 0 aliphatic carbocycles. The molecular weight excluding hydrogens is 196 g/mol. The van der Waals surface area contributed by atoms with Crippen molar-refractivity contribution in [3.8, 4) is 0 Å². The fourth-order valence-electron chi connectivity index (χ4n) is 1.17. The summed E-state index contributed by atoms with van der Waals surface area (Å²) in [6.45, 7) is 4.12. The molecule has 0 fully saturated rings. The minimum absolute atomic E-state index is 0.0180. The Hall–Kier alpha value is -1.10. The summed E-state index contributed by atoms with van der Waals surface area (Å²) >= 11 is 0. The quantitative estimate of drug-likeness (QED) is 0.572. The number of carboxylic acid groups (broad SMARTS) is 1. The van der Waals surface area contributed by atoms with Gasteiger partial charge in [-0.2, -0.15) is 0 Å². The van der Waals surface area contributed by atoms with Crippen molar-refractivity contribution in [2.24, 2.45) is 11.7 Å². The smallest absolute Gasteiger partial charge is 0.303 e. The average Bonchev–Trinajstić information content (AvgIpc) is 2.21. The predicted molar refractivity (Wildman–Crippen MR) is 57.3 cm³/mol. The van der Waals surface area contributed by atoms with Crippen molar-refractivity contribution >= 4 is 11.9 Å². The lowest BCUT2D eigenvalue weighted by molar-refractivity contribution is -0.138. The second-order valence-electron chi connectivity index (χ2n) is 3.63. The van der Waals surface area contributed by atoms with E-state index in [1.165, 1.54) is 0 Å². The second kappa shape index (κ2) is 7.23. The molecule has 5 heteroatoms. The first-order chi connectivity index (χ1) is 7.01. The maximum atomic E-state index is 11.3. The standard InChI is InChI=1S/C10H20N2O3/c1-3-7(5-9(13)14)6-12-10(15)8(11)4-2/h7-8H,3-6,11H2,1-2H3,(H,12,15)(H,13,14)/t7?,8-/m1/s1. The minimum atomic E-state index is -0.837. The van der Waals surface area contributed by atoms with E-state index in [1.54, 1.807) is 0 Å². The summed E-state index contributed by atoms with van der Waals surface area (Å²) in [4.78, 5) is 21.8. The van der Waals surface area contributed by atoms with Crippen LogP contribution in [0.1, 0.15) is 33.1 Å². The van der Waals surface area contributed by atoms with Gasteiger partial charge in [0.25, 0.3) is 0 Å². The van der Waals surface area contributed by atoms with Crippen molar-refractivity contribution in [1.82, 2.24) is 5.32 Å². The van der Waals surface area contributed by atoms with E-state index in [-0.39, 0.29) is 18.2 Å². The molecule has 0 rings (SSSR count). The molecule has 1 unspecified atom stereocenters. The first-order valence-corrected chi connectivity index (χ1v) is 5.26. The van der Waals surface area contributed by atoms with Gasteiger partial charge in [0.15, 0.2) is 0 Å². The van der Waals surface area contributed by atoms with Crippen LogP contribution in [0.2, 0.25) is 0 Å². The molecule has 0 aliphatic heterocycles. The number of carboxylic acids is 1.